The molecule has 150 valence electrons. The number of anilines is 2. The number of para-hydroxylation sites is 2. The smallest absolute Gasteiger partial charge is 0.232 e. The summed E-state index contributed by atoms with van der Waals surface area (Å²) < 4.78 is 12.4. The number of nitrogens with one attached hydrogen (secondary N) is 2. The van der Waals surface area contributed by atoms with Crippen LogP contribution < -0.4 is 20.1 Å². The molecule has 8 heteroatoms. The molecule has 8 nitrogen and oxygen atoms in total. The standard InChI is InChI=1S/C21H23N5O3/c1-13-18(20(27)25-16-6-4-5-7-17(16)29-3)19(26-21(24-13)22-12-23-26)14-8-10-15(28-2)11-9-14/h4-13,18-19H,1-3H3,(H,25,27)(H,22,23,24)/t13-,18+,19+/m0/s1. The van der Waals surface area contributed by atoms with Gasteiger partial charge >= 0.3 is 0 Å². The normalized spacial score (nSPS) is 20.3. The Morgan fingerprint density at radius 3 is 2.59 bits per heavy atom. The number of aromatic nitrogens is 3. The second kappa shape index (κ2) is 7.83. The van der Waals surface area contributed by atoms with Crippen molar-refractivity contribution in [3.63, 3.8) is 0 Å². The predicted molar refractivity (Wildman–Crippen MR) is 109 cm³/mol. The molecule has 3 atom stereocenters. The van der Waals surface area contributed by atoms with E-state index < -0.39 is 5.92 Å². The average Bonchev–Trinajstić information content (AvgIpc) is 3.21. The minimum atomic E-state index is -0.428. The molecule has 0 unspecified atom stereocenters. The molecule has 2 aromatic carbocycles. The van der Waals surface area contributed by atoms with Crippen LogP contribution in [-0.2, 0) is 4.79 Å². The van der Waals surface area contributed by atoms with E-state index in [0.717, 1.165) is 11.3 Å². The maximum Gasteiger partial charge on any atom is 0.232 e. The molecule has 1 aromatic heterocycles. The van der Waals surface area contributed by atoms with Gasteiger partial charge in [-0.3, -0.25) is 4.79 Å². The van der Waals surface area contributed by atoms with Gasteiger partial charge in [-0.2, -0.15) is 10.1 Å². The Labute approximate surface area is 168 Å². The molecule has 3 aromatic rings. The lowest BCUT2D eigenvalue weighted by molar-refractivity contribution is -0.121. The molecule has 0 bridgehead atoms. The molecule has 0 saturated heterocycles. The van der Waals surface area contributed by atoms with Gasteiger partial charge in [-0.25, -0.2) is 4.68 Å². The first-order chi connectivity index (χ1) is 14.1. The fourth-order valence-corrected chi connectivity index (χ4v) is 3.76. The first kappa shape index (κ1) is 18.8. The summed E-state index contributed by atoms with van der Waals surface area (Å²) >= 11 is 0. The largest absolute Gasteiger partial charge is 0.497 e. The van der Waals surface area contributed by atoms with Gasteiger partial charge in [-0.1, -0.05) is 24.3 Å². The maximum absolute atomic E-state index is 13.4. The van der Waals surface area contributed by atoms with E-state index in [0.29, 0.717) is 17.4 Å². The molecule has 4 rings (SSSR count). The molecule has 0 spiro atoms. The zero-order valence-electron chi connectivity index (χ0n) is 16.5. The molecule has 1 amide bonds. The van der Waals surface area contributed by atoms with Crippen LogP contribution in [0.4, 0.5) is 11.6 Å². The fourth-order valence-electron chi connectivity index (χ4n) is 3.76. The van der Waals surface area contributed by atoms with Crippen LogP contribution in [-0.4, -0.2) is 40.9 Å². The van der Waals surface area contributed by atoms with Gasteiger partial charge in [0, 0.05) is 6.04 Å². The van der Waals surface area contributed by atoms with Crippen LogP contribution in [0, 0.1) is 5.92 Å². The number of nitrogens with zero attached hydrogens (tertiary/aromatic N) is 3. The summed E-state index contributed by atoms with van der Waals surface area (Å²) in [7, 11) is 3.21. The summed E-state index contributed by atoms with van der Waals surface area (Å²) in [5, 5.41) is 10.7. The number of amides is 1. The zero-order valence-corrected chi connectivity index (χ0v) is 16.5. The van der Waals surface area contributed by atoms with Crippen molar-refractivity contribution in [1.82, 2.24) is 14.8 Å². The lowest BCUT2D eigenvalue weighted by Gasteiger charge is -2.37. The van der Waals surface area contributed by atoms with Crippen molar-refractivity contribution in [3.05, 3.63) is 60.4 Å². The topological polar surface area (TPSA) is 90.3 Å². The Kier molecular flexibility index (Phi) is 5.07. The molecule has 1 aliphatic heterocycles. The van der Waals surface area contributed by atoms with Crippen molar-refractivity contribution >= 4 is 17.5 Å². The number of hydrogen-bond acceptors (Lipinski definition) is 6. The Bertz CT molecular complexity index is 1000. The summed E-state index contributed by atoms with van der Waals surface area (Å²) in [6.07, 6.45) is 1.49. The molecular formula is C21H23N5O3. The highest BCUT2D eigenvalue weighted by molar-refractivity contribution is 5.95. The number of fused-ring (bicyclic) bond motifs is 1. The van der Waals surface area contributed by atoms with E-state index in [-0.39, 0.29) is 18.0 Å². The Morgan fingerprint density at radius 2 is 1.86 bits per heavy atom. The summed E-state index contributed by atoms with van der Waals surface area (Å²) in [5.74, 6) is 1.45. The van der Waals surface area contributed by atoms with Crippen molar-refractivity contribution in [3.8, 4) is 11.5 Å². The van der Waals surface area contributed by atoms with Crippen LogP contribution in [0.5, 0.6) is 11.5 Å². The lowest BCUT2D eigenvalue weighted by atomic mass is 9.85. The van der Waals surface area contributed by atoms with Crippen LogP contribution in [0.3, 0.4) is 0 Å². The maximum atomic E-state index is 13.4. The van der Waals surface area contributed by atoms with Crippen molar-refractivity contribution in [2.45, 2.75) is 19.0 Å². The molecule has 29 heavy (non-hydrogen) atoms. The summed E-state index contributed by atoms with van der Waals surface area (Å²) in [4.78, 5) is 17.7. The minimum absolute atomic E-state index is 0.128. The van der Waals surface area contributed by atoms with Crippen LogP contribution in [0.15, 0.2) is 54.9 Å². The van der Waals surface area contributed by atoms with Crippen LogP contribution in [0.25, 0.3) is 0 Å². The van der Waals surface area contributed by atoms with Gasteiger partial charge in [0.05, 0.1) is 31.9 Å². The van der Waals surface area contributed by atoms with Crippen molar-refractivity contribution in [1.29, 1.82) is 0 Å². The van der Waals surface area contributed by atoms with Gasteiger partial charge < -0.3 is 20.1 Å². The quantitative estimate of drug-likeness (QED) is 0.693. The van der Waals surface area contributed by atoms with Gasteiger partial charge in [0.25, 0.3) is 0 Å². The van der Waals surface area contributed by atoms with Crippen molar-refractivity contribution < 1.29 is 14.3 Å². The average molecular weight is 393 g/mol. The third-order valence-electron chi connectivity index (χ3n) is 5.20. The number of methoxy groups -OCH3 is 2. The zero-order chi connectivity index (χ0) is 20.4. The molecule has 1 aliphatic rings. The Morgan fingerprint density at radius 1 is 1.10 bits per heavy atom. The monoisotopic (exact) mass is 393 g/mol. The molecule has 0 fully saturated rings. The number of benzene rings is 2. The van der Waals surface area contributed by atoms with Gasteiger partial charge in [0.1, 0.15) is 17.8 Å². The minimum Gasteiger partial charge on any atom is -0.497 e. The van der Waals surface area contributed by atoms with Gasteiger partial charge in [-0.15, -0.1) is 0 Å². The second-order valence-electron chi connectivity index (χ2n) is 6.89. The number of carbonyl (C=O) groups is 1. The number of rotatable bonds is 5. The number of carbonyl (C=O) groups excluding carboxylic acids is 1. The highest BCUT2D eigenvalue weighted by atomic mass is 16.5. The first-order valence-corrected chi connectivity index (χ1v) is 9.36. The number of hydrogen-bond donors (Lipinski definition) is 2. The van der Waals surface area contributed by atoms with E-state index >= 15 is 0 Å². The van der Waals surface area contributed by atoms with E-state index in [1.807, 2.05) is 55.5 Å². The van der Waals surface area contributed by atoms with Gasteiger partial charge in [-0.05, 0) is 36.8 Å². The van der Waals surface area contributed by atoms with E-state index in [4.69, 9.17) is 9.47 Å². The molecule has 0 saturated carbocycles. The second-order valence-corrected chi connectivity index (χ2v) is 6.89. The van der Waals surface area contributed by atoms with E-state index in [2.05, 4.69) is 20.7 Å². The highest BCUT2D eigenvalue weighted by Gasteiger charge is 2.41. The third kappa shape index (κ3) is 3.49. The van der Waals surface area contributed by atoms with Crippen LogP contribution >= 0.6 is 0 Å². The summed E-state index contributed by atoms with van der Waals surface area (Å²) in [6, 6.07) is 14.6. The lowest BCUT2D eigenvalue weighted by Crippen LogP contribution is -2.46. The Balaban J connectivity index is 1.71. The summed E-state index contributed by atoms with van der Waals surface area (Å²) in [5.41, 5.74) is 1.58. The first-order valence-electron chi connectivity index (χ1n) is 9.36. The van der Waals surface area contributed by atoms with Gasteiger partial charge in [0.2, 0.25) is 11.9 Å². The molecular weight excluding hydrogens is 370 g/mol. The van der Waals surface area contributed by atoms with E-state index in [9.17, 15) is 4.79 Å². The summed E-state index contributed by atoms with van der Waals surface area (Å²) in [6.45, 7) is 1.97. The molecule has 0 radical (unpaired) electrons. The fraction of sp³-hybridized carbons (Fsp3) is 0.286. The third-order valence-corrected chi connectivity index (χ3v) is 5.20. The van der Waals surface area contributed by atoms with Crippen LogP contribution in [0.2, 0.25) is 0 Å². The number of ether oxygens (including phenoxy) is 2. The highest BCUT2D eigenvalue weighted by Crippen LogP contribution is 2.37. The SMILES string of the molecule is COc1ccc([C@@H]2[C@H](C(=O)Nc3ccccc3OC)[C@H](C)Nc3ncnn32)cc1. The van der Waals surface area contributed by atoms with Crippen molar-refractivity contribution in [2.24, 2.45) is 5.92 Å². The molecule has 0 aliphatic carbocycles. The molecule has 2 N–H and O–H groups in total. The van der Waals surface area contributed by atoms with E-state index in [1.54, 1.807) is 18.9 Å². The van der Waals surface area contributed by atoms with Crippen LogP contribution in [0.1, 0.15) is 18.5 Å². The van der Waals surface area contributed by atoms with E-state index in [1.165, 1.54) is 6.33 Å². The predicted octanol–water partition coefficient (Wildman–Crippen LogP) is 2.95. The van der Waals surface area contributed by atoms with Crippen molar-refractivity contribution in [2.75, 3.05) is 24.9 Å². The van der Waals surface area contributed by atoms with Gasteiger partial charge in [0.15, 0.2) is 0 Å². The Hall–Kier alpha value is -3.55. The molecule has 2 heterocycles.